The van der Waals surface area contributed by atoms with Crippen LogP contribution in [0.2, 0.25) is 0 Å². The maximum atomic E-state index is 11.6. The van der Waals surface area contributed by atoms with E-state index in [1.54, 1.807) is 0 Å². The van der Waals surface area contributed by atoms with E-state index in [2.05, 4.69) is 31.4 Å². The molecule has 1 aliphatic carbocycles. The first-order valence-electron chi connectivity index (χ1n) is 7.80. The van der Waals surface area contributed by atoms with Crippen molar-refractivity contribution < 1.29 is 9.53 Å². The largest absolute Gasteiger partial charge is 0.444 e. The van der Waals surface area contributed by atoms with Crippen molar-refractivity contribution in [1.29, 1.82) is 0 Å². The lowest BCUT2D eigenvalue weighted by atomic mass is 9.75. The van der Waals surface area contributed by atoms with E-state index in [1.165, 1.54) is 25.7 Å². The molecule has 1 fully saturated rings. The lowest BCUT2D eigenvalue weighted by Crippen LogP contribution is -2.46. The van der Waals surface area contributed by atoms with Crippen LogP contribution in [0.25, 0.3) is 0 Å². The molecule has 1 unspecified atom stereocenters. The van der Waals surface area contributed by atoms with Crippen LogP contribution in [0.5, 0.6) is 0 Å². The third-order valence-corrected chi connectivity index (χ3v) is 3.81. The fraction of sp³-hybridized carbons (Fsp3) is 0.938. The molecule has 0 radical (unpaired) electrons. The first kappa shape index (κ1) is 17.3. The molecule has 1 amide bonds. The van der Waals surface area contributed by atoms with E-state index >= 15 is 0 Å². The van der Waals surface area contributed by atoms with E-state index in [0.717, 1.165) is 0 Å². The number of carbonyl (C=O) groups excluding carboxylic acids is 1. The number of ether oxygens (including phenoxy) is 1. The monoisotopic (exact) mass is 284 g/mol. The molecule has 0 aromatic heterocycles. The Balaban J connectivity index is 2.21. The van der Waals surface area contributed by atoms with Crippen LogP contribution < -0.4 is 10.6 Å². The zero-order chi connectivity index (χ0) is 15.4. The van der Waals surface area contributed by atoms with Crippen molar-refractivity contribution in [3.05, 3.63) is 0 Å². The summed E-state index contributed by atoms with van der Waals surface area (Å²) in [7, 11) is 0. The molecule has 118 valence electrons. The summed E-state index contributed by atoms with van der Waals surface area (Å²) in [6.45, 7) is 13.0. The van der Waals surface area contributed by atoms with Gasteiger partial charge in [0.1, 0.15) is 5.60 Å². The van der Waals surface area contributed by atoms with E-state index in [0.29, 0.717) is 18.0 Å². The minimum absolute atomic E-state index is 0.272. The van der Waals surface area contributed by atoms with Crippen molar-refractivity contribution >= 4 is 6.09 Å². The Morgan fingerprint density at radius 2 is 1.85 bits per heavy atom. The van der Waals surface area contributed by atoms with Gasteiger partial charge >= 0.3 is 6.09 Å². The van der Waals surface area contributed by atoms with Gasteiger partial charge in [-0.05, 0) is 58.8 Å². The van der Waals surface area contributed by atoms with Crippen LogP contribution in [0.15, 0.2) is 0 Å². The van der Waals surface area contributed by atoms with Crippen molar-refractivity contribution in [2.24, 2.45) is 5.41 Å². The predicted octanol–water partition coefficient (Wildman–Crippen LogP) is 3.46. The highest BCUT2D eigenvalue weighted by molar-refractivity contribution is 5.67. The number of alkyl carbamates (subject to hydrolysis) is 1. The number of hydrogen-bond donors (Lipinski definition) is 2. The van der Waals surface area contributed by atoms with E-state index in [4.69, 9.17) is 4.74 Å². The Hall–Kier alpha value is -0.770. The summed E-state index contributed by atoms with van der Waals surface area (Å²) in [4.78, 5) is 11.6. The third kappa shape index (κ3) is 7.13. The molecular formula is C16H32N2O2. The van der Waals surface area contributed by atoms with Gasteiger partial charge in [-0.1, -0.05) is 13.8 Å². The van der Waals surface area contributed by atoms with Gasteiger partial charge in [0, 0.05) is 18.6 Å². The molecule has 0 heterocycles. The van der Waals surface area contributed by atoms with Crippen LogP contribution in [-0.2, 0) is 4.74 Å². The lowest BCUT2D eigenvalue weighted by Gasteiger charge is -2.36. The Morgan fingerprint density at radius 1 is 1.30 bits per heavy atom. The molecule has 20 heavy (non-hydrogen) atoms. The normalized spacial score (nSPS) is 21.3. The molecule has 0 spiro atoms. The fourth-order valence-electron chi connectivity index (χ4n) is 2.58. The second kappa shape index (κ2) is 6.79. The van der Waals surface area contributed by atoms with Gasteiger partial charge in [-0.25, -0.2) is 4.79 Å². The minimum Gasteiger partial charge on any atom is -0.444 e. The molecule has 0 saturated heterocycles. The molecule has 0 aromatic rings. The highest BCUT2D eigenvalue weighted by atomic mass is 16.6. The SMILES string of the molecule is CC(CNC(=O)OC(C)(C)C)NC1CCC(C)(C)CC1. The fourth-order valence-corrected chi connectivity index (χ4v) is 2.58. The van der Waals surface area contributed by atoms with Gasteiger partial charge in [-0.3, -0.25) is 0 Å². The Bertz CT molecular complexity index is 311. The second-order valence-corrected chi connectivity index (χ2v) is 7.89. The van der Waals surface area contributed by atoms with Crippen molar-refractivity contribution in [3.8, 4) is 0 Å². The molecule has 1 aliphatic rings. The van der Waals surface area contributed by atoms with Crippen LogP contribution in [0.1, 0.15) is 67.2 Å². The van der Waals surface area contributed by atoms with E-state index in [-0.39, 0.29) is 12.1 Å². The molecule has 1 atom stereocenters. The first-order valence-corrected chi connectivity index (χ1v) is 7.80. The minimum atomic E-state index is -0.435. The van der Waals surface area contributed by atoms with Crippen LogP contribution in [0, 0.1) is 5.41 Å². The van der Waals surface area contributed by atoms with E-state index in [9.17, 15) is 4.79 Å². The van der Waals surface area contributed by atoms with Gasteiger partial charge < -0.3 is 15.4 Å². The standard InChI is InChI=1S/C16H32N2O2/c1-12(11-17-14(19)20-15(2,3)4)18-13-7-9-16(5,6)10-8-13/h12-13,18H,7-11H2,1-6H3,(H,17,19). The molecule has 0 bridgehead atoms. The Labute approximate surface area is 124 Å². The summed E-state index contributed by atoms with van der Waals surface area (Å²) in [5.74, 6) is 0. The third-order valence-electron chi connectivity index (χ3n) is 3.81. The molecule has 0 aromatic carbocycles. The van der Waals surface area contributed by atoms with Gasteiger partial charge in [-0.2, -0.15) is 0 Å². The first-order chi connectivity index (χ1) is 9.07. The molecule has 1 saturated carbocycles. The van der Waals surface area contributed by atoms with Crippen LogP contribution in [0.4, 0.5) is 4.79 Å². The van der Waals surface area contributed by atoms with E-state index in [1.807, 2.05) is 20.8 Å². The lowest BCUT2D eigenvalue weighted by molar-refractivity contribution is 0.0521. The molecule has 0 aliphatic heterocycles. The quantitative estimate of drug-likeness (QED) is 0.831. The summed E-state index contributed by atoms with van der Waals surface area (Å²) < 4.78 is 5.23. The van der Waals surface area contributed by atoms with Crippen LogP contribution >= 0.6 is 0 Å². The molecule has 4 nitrogen and oxygen atoms in total. The molecule has 1 rings (SSSR count). The van der Waals surface area contributed by atoms with Crippen molar-refractivity contribution in [2.75, 3.05) is 6.54 Å². The van der Waals surface area contributed by atoms with Crippen LogP contribution in [0.3, 0.4) is 0 Å². The second-order valence-electron chi connectivity index (χ2n) is 7.89. The van der Waals surface area contributed by atoms with Gasteiger partial charge in [0.25, 0.3) is 0 Å². The van der Waals surface area contributed by atoms with Crippen molar-refractivity contribution in [3.63, 3.8) is 0 Å². The summed E-state index contributed by atoms with van der Waals surface area (Å²) >= 11 is 0. The number of rotatable bonds is 4. The zero-order valence-electron chi connectivity index (χ0n) is 14.0. The van der Waals surface area contributed by atoms with Gasteiger partial charge in [0.2, 0.25) is 0 Å². The maximum Gasteiger partial charge on any atom is 0.407 e. The Morgan fingerprint density at radius 3 is 2.35 bits per heavy atom. The summed E-state index contributed by atoms with van der Waals surface area (Å²) in [6, 6.07) is 0.854. The number of hydrogen-bond acceptors (Lipinski definition) is 3. The average Bonchev–Trinajstić information content (AvgIpc) is 2.27. The van der Waals surface area contributed by atoms with Gasteiger partial charge in [0.15, 0.2) is 0 Å². The van der Waals surface area contributed by atoms with E-state index < -0.39 is 5.60 Å². The smallest absolute Gasteiger partial charge is 0.407 e. The summed E-state index contributed by atoms with van der Waals surface area (Å²) in [6.07, 6.45) is 4.66. The Kier molecular flexibility index (Phi) is 5.87. The van der Waals surface area contributed by atoms with Gasteiger partial charge in [0.05, 0.1) is 0 Å². The number of amides is 1. The molecule has 2 N–H and O–H groups in total. The average molecular weight is 284 g/mol. The topological polar surface area (TPSA) is 50.4 Å². The molecule has 4 heteroatoms. The summed E-state index contributed by atoms with van der Waals surface area (Å²) in [5.41, 5.74) is 0.0614. The number of carbonyl (C=O) groups is 1. The highest BCUT2D eigenvalue weighted by Gasteiger charge is 2.27. The number of nitrogens with one attached hydrogen (secondary N) is 2. The molecular weight excluding hydrogens is 252 g/mol. The van der Waals surface area contributed by atoms with Crippen molar-refractivity contribution in [1.82, 2.24) is 10.6 Å². The summed E-state index contributed by atoms with van der Waals surface area (Å²) in [5, 5.41) is 6.43. The maximum absolute atomic E-state index is 11.6. The van der Waals surface area contributed by atoms with Gasteiger partial charge in [-0.15, -0.1) is 0 Å². The predicted molar refractivity (Wildman–Crippen MR) is 82.9 cm³/mol. The van der Waals surface area contributed by atoms with Crippen molar-refractivity contribution in [2.45, 2.75) is 84.9 Å². The van der Waals surface area contributed by atoms with Crippen LogP contribution in [-0.4, -0.2) is 30.3 Å². The zero-order valence-corrected chi connectivity index (χ0v) is 14.0. The highest BCUT2D eigenvalue weighted by Crippen LogP contribution is 2.35.